The van der Waals surface area contributed by atoms with Gasteiger partial charge in [0.25, 0.3) is 0 Å². The van der Waals surface area contributed by atoms with E-state index in [1.54, 1.807) is 15.5 Å². The summed E-state index contributed by atoms with van der Waals surface area (Å²) in [5, 5.41) is 12.4. The lowest BCUT2D eigenvalue weighted by Crippen LogP contribution is -2.36. The summed E-state index contributed by atoms with van der Waals surface area (Å²) in [7, 11) is 0. The standard InChI is InChI=1S/C26H23ClFN3O4/c27-22-23-18(25(33)19(26(34)35)14-31(23)17-7-8-17)12-20(28)24(22)30-11-10-16(13-30)29-21(32)9-6-15-4-2-1-3-5-15/h1-6,9,12,14,16-17H,7-8,10-11,13H2,(H,29,32)(H,34,35)/b9-6+. The van der Waals surface area contributed by atoms with E-state index in [4.69, 9.17) is 11.6 Å². The van der Waals surface area contributed by atoms with Gasteiger partial charge >= 0.3 is 5.97 Å². The molecule has 2 aromatic carbocycles. The smallest absolute Gasteiger partial charge is 0.341 e. The number of anilines is 1. The Morgan fingerprint density at radius 1 is 1.17 bits per heavy atom. The number of nitrogens with one attached hydrogen (secondary N) is 1. The van der Waals surface area contributed by atoms with Crippen molar-refractivity contribution in [1.82, 2.24) is 9.88 Å². The molecule has 2 N–H and O–H groups in total. The number of aromatic carboxylic acids is 1. The van der Waals surface area contributed by atoms with Gasteiger partial charge in [-0.2, -0.15) is 0 Å². The summed E-state index contributed by atoms with van der Waals surface area (Å²) in [5.41, 5.74) is 0.258. The third-order valence-corrected chi connectivity index (χ3v) is 6.79. The van der Waals surface area contributed by atoms with Crippen LogP contribution in [0.25, 0.3) is 17.0 Å². The van der Waals surface area contributed by atoms with Gasteiger partial charge in [-0.3, -0.25) is 9.59 Å². The molecule has 1 aliphatic heterocycles. The third kappa shape index (κ3) is 4.53. The predicted molar refractivity (Wildman–Crippen MR) is 133 cm³/mol. The number of carbonyl (C=O) groups is 2. The number of benzene rings is 2. The van der Waals surface area contributed by atoms with Crippen LogP contribution in [0.1, 0.15) is 41.2 Å². The number of amides is 1. The Morgan fingerprint density at radius 2 is 1.91 bits per heavy atom. The van der Waals surface area contributed by atoms with E-state index in [0.29, 0.717) is 25.0 Å². The highest BCUT2D eigenvalue weighted by atomic mass is 35.5. The lowest BCUT2D eigenvalue weighted by atomic mass is 10.1. The number of aromatic nitrogens is 1. The zero-order chi connectivity index (χ0) is 24.7. The average Bonchev–Trinajstić information content (AvgIpc) is 3.58. The van der Waals surface area contributed by atoms with Crippen LogP contribution in [0.4, 0.5) is 10.1 Å². The van der Waals surface area contributed by atoms with Crippen molar-refractivity contribution in [3.05, 3.63) is 80.9 Å². The van der Waals surface area contributed by atoms with Gasteiger partial charge < -0.3 is 19.9 Å². The number of carbonyl (C=O) groups excluding carboxylic acids is 1. The van der Waals surface area contributed by atoms with Gasteiger partial charge in [0, 0.05) is 37.4 Å². The molecular formula is C26H23ClFN3O4. The van der Waals surface area contributed by atoms with E-state index < -0.39 is 22.8 Å². The van der Waals surface area contributed by atoms with Gasteiger partial charge in [-0.15, -0.1) is 0 Å². The largest absolute Gasteiger partial charge is 0.477 e. The Labute approximate surface area is 205 Å². The maximum atomic E-state index is 15.3. The first kappa shape index (κ1) is 23.1. The molecule has 2 fully saturated rings. The lowest BCUT2D eigenvalue weighted by Gasteiger charge is -2.23. The highest BCUT2D eigenvalue weighted by molar-refractivity contribution is 6.38. The number of carboxylic acids is 1. The number of hydrogen-bond donors (Lipinski definition) is 2. The van der Waals surface area contributed by atoms with E-state index in [9.17, 15) is 19.5 Å². The van der Waals surface area contributed by atoms with Gasteiger partial charge in [0.2, 0.25) is 11.3 Å². The molecular weight excluding hydrogens is 473 g/mol. The van der Waals surface area contributed by atoms with Crippen molar-refractivity contribution < 1.29 is 19.1 Å². The summed E-state index contributed by atoms with van der Waals surface area (Å²) in [6, 6.07) is 10.4. The maximum absolute atomic E-state index is 15.3. The summed E-state index contributed by atoms with van der Waals surface area (Å²) >= 11 is 6.69. The van der Waals surface area contributed by atoms with Crippen molar-refractivity contribution in [2.75, 3.05) is 18.0 Å². The minimum Gasteiger partial charge on any atom is -0.477 e. The second kappa shape index (κ2) is 9.19. The molecule has 2 aliphatic rings. The Hall–Kier alpha value is -3.65. The number of pyridine rings is 1. The number of fused-ring (bicyclic) bond motifs is 1. The van der Waals surface area contributed by atoms with Gasteiger partial charge in [-0.1, -0.05) is 41.9 Å². The molecule has 1 saturated carbocycles. The van der Waals surface area contributed by atoms with Crippen molar-refractivity contribution in [3.63, 3.8) is 0 Å². The first-order valence-corrected chi connectivity index (χ1v) is 11.8. The SMILES string of the molecule is O=C(/C=C/c1ccccc1)NC1CCN(c2c(F)cc3c(=O)c(C(=O)O)cn(C4CC4)c3c2Cl)C1. The van der Waals surface area contributed by atoms with Crippen molar-refractivity contribution in [2.45, 2.75) is 31.3 Å². The number of hydrogen-bond acceptors (Lipinski definition) is 4. The predicted octanol–water partition coefficient (Wildman–Crippen LogP) is 4.24. The molecule has 1 atom stereocenters. The molecule has 1 saturated heterocycles. The number of halogens is 2. The van der Waals surface area contributed by atoms with Crippen LogP contribution in [0, 0.1) is 5.82 Å². The molecule has 7 nitrogen and oxygen atoms in total. The fourth-order valence-electron chi connectivity index (χ4n) is 4.58. The van der Waals surface area contributed by atoms with Crippen LogP contribution >= 0.6 is 11.6 Å². The average molecular weight is 496 g/mol. The van der Waals surface area contributed by atoms with E-state index in [1.807, 2.05) is 30.3 Å². The molecule has 9 heteroatoms. The molecule has 1 unspecified atom stereocenters. The lowest BCUT2D eigenvalue weighted by molar-refractivity contribution is -0.117. The van der Waals surface area contributed by atoms with E-state index in [0.717, 1.165) is 24.5 Å². The first-order chi connectivity index (χ1) is 16.8. The van der Waals surface area contributed by atoms with Crippen LogP contribution in [0.2, 0.25) is 5.02 Å². The van der Waals surface area contributed by atoms with Crippen LogP contribution < -0.4 is 15.6 Å². The van der Waals surface area contributed by atoms with Crippen LogP contribution in [0.5, 0.6) is 0 Å². The van der Waals surface area contributed by atoms with Gasteiger partial charge in [0.15, 0.2) is 0 Å². The Kier molecular flexibility index (Phi) is 6.06. The number of rotatable bonds is 6. The van der Waals surface area contributed by atoms with Gasteiger partial charge in [-0.05, 0) is 37.0 Å². The zero-order valence-electron chi connectivity index (χ0n) is 18.7. The van der Waals surface area contributed by atoms with Crippen LogP contribution in [-0.4, -0.2) is 40.7 Å². The first-order valence-electron chi connectivity index (χ1n) is 11.4. The third-order valence-electron chi connectivity index (χ3n) is 6.43. The highest BCUT2D eigenvalue weighted by Crippen LogP contribution is 2.42. The minimum atomic E-state index is -1.36. The molecule has 1 aliphatic carbocycles. The van der Waals surface area contributed by atoms with E-state index in [2.05, 4.69) is 5.32 Å². The fourth-order valence-corrected chi connectivity index (χ4v) is 4.99. The quantitative estimate of drug-likeness (QED) is 0.499. The van der Waals surface area contributed by atoms with Crippen molar-refractivity contribution in [1.29, 1.82) is 0 Å². The molecule has 3 aromatic rings. The summed E-state index contributed by atoms with van der Waals surface area (Å²) in [6.07, 6.45) is 6.76. The van der Waals surface area contributed by atoms with Crippen molar-refractivity contribution >= 4 is 46.1 Å². The Morgan fingerprint density at radius 3 is 2.60 bits per heavy atom. The topological polar surface area (TPSA) is 91.6 Å². The van der Waals surface area contributed by atoms with Crippen LogP contribution in [0.15, 0.2) is 53.5 Å². The fraction of sp³-hybridized carbons (Fsp3) is 0.269. The van der Waals surface area contributed by atoms with E-state index in [-0.39, 0.29) is 34.1 Å². The van der Waals surface area contributed by atoms with Gasteiger partial charge in [0.05, 0.1) is 21.6 Å². The van der Waals surface area contributed by atoms with Gasteiger partial charge in [0.1, 0.15) is 11.4 Å². The molecule has 0 bridgehead atoms. The molecule has 180 valence electrons. The second-order valence-electron chi connectivity index (χ2n) is 8.92. The van der Waals surface area contributed by atoms with E-state index in [1.165, 1.54) is 12.3 Å². The normalized spacial score (nSPS) is 17.9. The number of nitrogens with zero attached hydrogens (tertiary/aromatic N) is 2. The molecule has 2 heterocycles. The summed E-state index contributed by atoms with van der Waals surface area (Å²) in [4.78, 5) is 38.5. The molecule has 35 heavy (non-hydrogen) atoms. The van der Waals surface area contributed by atoms with Crippen LogP contribution in [-0.2, 0) is 4.79 Å². The minimum absolute atomic E-state index is 0.0222. The maximum Gasteiger partial charge on any atom is 0.341 e. The van der Waals surface area contributed by atoms with Crippen LogP contribution in [0.3, 0.4) is 0 Å². The second-order valence-corrected chi connectivity index (χ2v) is 9.29. The molecule has 0 spiro atoms. The summed E-state index contributed by atoms with van der Waals surface area (Å²) in [6.45, 7) is 0.824. The summed E-state index contributed by atoms with van der Waals surface area (Å²) < 4.78 is 17.0. The van der Waals surface area contributed by atoms with E-state index >= 15 is 4.39 Å². The molecule has 5 rings (SSSR count). The monoisotopic (exact) mass is 495 g/mol. The zero-order valence-corrected chi connectivity index (χ0v) is 19.5. The van der Waals surface area contributed by atoms with Crippen molar-refractivity contribution in [2.24, 2.45) is 0 Å². The number of carboxylic acid groups (broad SMARTS) is 1. The van der Waals surface area contributed by atoms with Gasteiger partial charge in [-0.25, -0.2) is 9.18 Å². The van der Waals surface area contributed by atoms with Crippen molar-refractivity contribution in [3.8, 4) is 0 Å². The Bertz CT molecular complexity index is 1420. The Balaban J connectivity index is 1.41. The molecule has 1 aromatic heterocycles. The summed E-state index contributed by atoms with van der Waals surface area (Å²) in [5.74, 6) is -2.29. The molecule has 1 amide bonds. The highest BCUT2D eigenvalue weighted by Gasteiger charge is 2.32. The molecule has 0 radical (unpaired) electrons.